The molecule has 0 aliphatic carbocycles. The molecule has 3 heterocycles. The number of hydrogen-bond acceptors (Lipinski definition) is 9. The fourth-order valence-corrected chi connectivity index (χ4v) is 4.60. The number of ether oxygens (including phenoxy) is 1. The van der Waals surface area contributed by atoms with Gasteiger partial charge in [0, 0.05) is 17.8 Å². The standard InChI is InChI=1S/C22H19N5O3S2/c1-3-30-21(29)17-14(2)25-22(32-17)27(12-15-8-5-4-6-9-15)20(28)16-13-31-19(26-16)18-23-10-7-11-24-18/h4-11,13H,3,12H2,1-2H3. The molecule has 4 rings (SSSR count). The second kappa shape index (κ2) is 9.75. The molecular formula is C22H19N5O3S2. The molecule has 1 aromatic carbocycles. The molecule has 0 unspecified atom stereocenters. The first-order valence-corrected chi connectivity index (χ1v) is 11.5. The third-order valence-corrected chi connectivity index (χ3v) is 6.38. The fraction of sp³-hybridized carbons (Fsp3) is 0.182. The first-order chi connectivity index (χ1) is 15.6. The number of carbonyl (C=O) groups is 2. The molecule has 0 N–H and O–H groups in total. The van der Waals surface area contributed by atoms with Gasteiger partial charge in [-0.3, -0.25) is 9.69 Å². The summed E-state index contributed by atoms with van der Waals surface area (Å²) in [6.07, 6.45) is 3.25. The summed E-state index contributed by atoms with van der Waals surface area (Å²) in [5.74, 6) is -0.310. The third-order valence-electron chi connectivity index (χ3n) is 4.39. The van der Waals surface area contributed by atoms with Gasteiger partial charge in [0.25, 0.3) is 5.91 Å². The van der Waals surface area contributed by atoms with Crippen LogP contribution >= 0.6 is 22.7 Å². The second-order valence-electron chi connectivity index (χ2n) is 6.62. The van der Waals surface area contributed by atoms with Gasteiger partial charge in [-0.15, -0.1) is 11.3 Å². The zero-order chi connectivity index (χ0) is 22.5. The largest absolute Gasteiger partial charge is 0.462 e. The molecule has 10 heteroatoms. The first kappa shape index (κ1) is 21.7. The van der Waals surface area contributed by atoms with Crippen molar-refractivity contribution >= 4 is 39.7 Å². The Balaban J connectivity index is 1.69. The predicted molar refractivity (Wildman–Crippen MR) is 123 cm³/mol. The number of esters is 1. The van der Waals surface area contributed by atoms with Gasteiger partial charge in [0.1, 0.15) is 10.6 Å². The number of rotatable bonds is 7. The number of aryl methyl sites for hydroxylation is 1. The van der Waals surface area contributed by atoms with E-state index in [1.807, 2.05) is 30.3 Å². The third kappa shape index (κ3) is 4.71. The van der Waals surface area contributed by atoms with Crippen molar-refractivity contribution in [1.29, 1.82) is 0 Å². The van der Waals surface area contributed by atoms with Crippen LogP contribution in [0.3, 0.4) is 0 Å². The van der Waals surface area contributed by atoms with Crippen LogP contribution in [0.5, 0.6) is 0 Å². The van der Waals surface area contributed by atoms with Crippen molar-refractivity contribution < 1.29 is 14.3 Å². The van der Waals surface area contributed by atoms with E-state index < -0.39 is 5.97 Å². The molecule has 0 radical (unpaired) electrons. The van der Waals surface area contributed by atoms with E-state index in [9.17, 15) is 9.59 Å². The zero-order valence-corrected chi connectivity index (χ0v) is 19.0. The number of amides is 1. The molecule has 0 saturated carbocycles. The molecule has 0 aliphatic heterocycles. The van der Waals surface area contributed by atoms with Gasteiger partial charge in [0.05, 0.1) is 18.8 Å². The van der Waals surface area contributed by atoms with E-state index in [0.717, 1.165) is 16.9 Å². The van der Waals surface area contributed by atoms with E-state index in [1.165, 1.54) is 16.2 Å². The van der Waals surface area contributed by atoms with Gasteiger partial charge >= 0.3 is 5.97 Å². The summed E-state index contributed by atoms with van der Waals surface area (Å²) in [7, 11) is 0. The van der Waals surface area contributed by atoms with E-state index in [1.54, 1.807) is 37.7 Å². The molecule has 1 amide bonds. The Hall–Kier alpha value is -3.50. The monoisotopic (exact) mass is 465 g/mol. The lowest BCUT2D eigenvalue weighted by Crippen LogP contribution is -2.30. The van der Waals surface area contributed by atoms with Crippen LogP contribution < -0.4 is 4.90 Å². The van der Waals surface area contributed by atoms with Gasteiger partial charge < -0.3 is 4.74 Å². The number of thiazole rings is 2. The SMILES string of the molecule is CCOC(=O)c1sc(N(Cc2ccccc2)C(=O)c2csc(-c3ncccn3)n2)nc1C. The molecule has 0 bridgehead atoms. The predicted octanol–water partition coefficient (Wildman–Crippen LogP) is 4.39. The molecule has 4 aromatic rings. The van der Waals surface area contributed by atoms with Crippen molar-refractivity contribution in [2.45, 2.75) is 20.4 Å². The molecule has 0 saturated heterocycles. The van der Waals surface area contributed by atoms with E-state index in [-0.39, 0.29) is 24.8 Å². The van der Waals surface area contributed by atoms with Crippen LogP contribution in [0.1, 0.15) is 38.3 Å². The van der Waals surface area contributed by atoms with Crippen molar-refractivity contribution in [1.82, 2.24) is 19.9 Å². The molecular weight excluding hydrogens is 446 g/mol. The molecule has 8 nitrogen and oxygen atoms in total. The lowest BCUT2D eigenvalue weighted by Gasteiger charge is -2.19. The summed E-state index contributed by atoms with van der Waals surface area (Å²) in [6.45, 7) is 4.02. The first-order valence-electron chi connectivity index (χ1n) is 9.80. The average Bonchev–Trinajstić information content (AvgIpc) is 3.46. The van der Waals surface area contributed by atoms with Gasteiger partial charge in [-0.1, -0.05) is 41.7 Å². The molecule has 0 aliphatic rings. The Morgan fingerprint density at radius 3 is 2.53 bits per heavy atom. The highest BCUT2D eigenvalue weighted by Gasteiger charge is 2.27. The summed E-state index contributed by atoms with van der Waals surface area (Å²) in [5, 5.41) is 2.64. The van der Waals surface area contributed by atoms with Gasteiger partial charge in [0.2, 0.25) is 0 Å². The number of nitrogens with zero attached hydrogens (tertiary/aromatic N) is 5. The number of carbonyl (C=O) groups excluding carboxylic acids is 2. The molecule has 0 fully saturated rings. The van der Waals surface area contributed by atoms with Gasteiger partial charge in [0.15, 0.2) is 16.0 Å². The maximum atomic E-state index is 13.5. The highest BCUT2D eigenvalue weighted by Crippen LogP contribution is 2.30. The Kier molecular flexibility index (Phi) is 6.62. The second-order valence-corrected chi connectivity index (χ2v) is 8.45. The Morgan fingerprint density at radius 1 is 1.06 bits per heavy atom. The van der Waals surface area contributed by atoms with Crippen molar-refractivity contribution in [3.63, 3.8) is 0 Å². The number of aromatic nitrogens is 4. The lowest BCUT2D eigenvalue weighted by molar-refractivity contribution is 0.0531. The van der Waals surface area contributed by atoms with Crippen molar-refractivity contribution in [2.75, 3.05) is 11.5 Å². The Bertz CT molecular complexity index is 1220. The van der Waals surface area contributed by atoms with E-state index in [2.05, 4.69) is 19.9 Å². The normalized spacial score (nSPS) is 10.7. The number of anilines is 1. The maximum Gasteiger partial charge on any atom is 0.350 e. The highest BCUT2D eigenvalue weighted by molar-refractivity contribution is 7.17. The van der Waals surface area contributed by atoms with Crippen molar-refractivity contribution in [3.05, 3.63) is 76.0 Å². The van der Waals surface area contributed by atoms with Crippen LogP contribution in [-0.2, 0) is 11.3 Å². The summed E-state index contributed by atoms with van der Waals surface area (Å²) >= 11 is 2.43. The molecule has 32 heavy (non-hydrogen) atoms. The fourth-order valence-electron chi connectivity index (χ4n) is 2.90. The average molecular weight is 466 g/mol. The molecule has 162 valence electrons. The zero-order valence-electron chi connectivity index (χ0n) is 17.4. The van der Waals surface area contributed by atoms with Crippen LogP contribution in [0, 0.1) is 6.92 Å². The number of benzene rings is 1. The topological polar surface area (TPSA) is 98.2 Å². The van der Waals surface area contributed by atoms with E-state index >= 15 is 0 Å². The van der Waals surface area contributed by atoms with Crippen molar-refractivity contribution in [2.24, 2.45) is 0 Å². The molecule has 0 atom stereocenters. The summed E-state index contributed by atoms with van der Waals surface area (Å²) in [5.41, 5.74) is 1.71. The summed E-state index contributed by atoms with van der Waals surface area (Å²) < 4.78 is 5.12. The van der Waals surface area contributed by atoms with Gasteiger partial charge in [-0.25, -0.2) is 24.7 Å². The minimum Gasteiger partial charge on any atom is -0.462 e. The van der Waals surface area contributed by atoms with Crippen LogP contribution in [0.25, 0.3) is 10.8 Å². The molecule has 3 aromatic heterocycles. The summed E-state index contributed by atoms with van der Waals surface area (Å²) in [4.78, 5) is 45.0. The van der Waals surface area contributed by atoms with E-state index in [0.29, 0.717) is 26.5 Å². The van der Waals surface area contributed by atoms with Crippen molar-refractivity contribution in [3.8, 4) is 10.8 Å². The smallest absolute Gasteiger partial charge is 0.350 e. The van der Waals surface area contributed by atoms with Crippen LogP contribution in [0.15, 0.2) is 54.2 Å². The number of hydrogen-bond donors (Lipinski definition) is 0. The highest BCUT2D eigenvalue weighted by atomic mass is 32.1. The maximum absolute atomic E-state index is 13.5. The van der Waals surface area contributed by atoms with Crippen LogP contribution in [0.4, 0.5) is 5.13 Å². The Morgan fingerprint density at radius 2 is 1.81 bits per heavy atom. The van der Waals surface area contributed by atoms with Gasteiger partial charge in [-0.05, 0) is 25.5 Å². The van der Waals surface area contributed by atoms with Gasteiger partial charge in [-0.2, -0.15) is 0 Å². The van der Waals surface area contributed by atoms with Crippen LogP contribution in [-0.4, -0.2) is 38.4 Å². The van der Waals surface area contributed by atoms with E-state index in [4.69, 9.17) is 4.74 Å². The molecule has 0 spiro atoms. The minimum absolute atomic E-state index is 0.263. The van der Waals surface area contributed by atoms with Crippen LogP contribution in [0.2, 0.25) is 0 Å². The quantitative estimate of drug-likeness (QED) is 0.373. The summed E-state index contributed by atoms with van der Waals surface area (Å²) in [6, 6.07) is 11.3. The Labute approximate surface area is 192 Å². The lowest BCUT2D eigenvalue weighted by atomic mass is 10.2. The minimum atomic E-state index is -0.446.